The number of hydrogen-bond donors (Lipinski definition) is 2. The second kappa shape index (κ2) is 17.0. The van der Waals surface area contributed by atoms with Gasteiger partial charge in [0.15, 0.2) is 5.96 Å². The summed E-state index contributed by atoms with van der Waals surface area (Å²) < 4.78 is 5.29. The number of ether oxygens (including phenoxy) is 1. The van der Waals surface area contributed by atoms with E-state index in [-0.39, 0.29) is 24.0 Å². The Morgan fingerprint density at radius 3 is 2.11 bits per heavy atom. The van der Waals surface area contributed by atoms with E-state index in [4.69, 9.17) is 4.74 Å². The van der Waals surface area contributed by atoms with Crippen molar-refractivity contribution < 1.29 is 4.74 Å². The van der Waals surface area contributed by atoms with Gasteiger partial charge in [-0.3, -0.25) is 4.99 Å². The molecule has 0 radical (unpaired) electrons. The zero-order valence-electron chi connectivity index (χ0n) is 12.1. The monoisotopic (exact) mass is 371 g/mol. The summed E-state index contributed by atoms with van der Waals surface area (Å²) in [5, 5.41) is 6.62. The Morgan fingerprint density at radius 1 is 1.00 bits per heavy atom. The van der Waals surface area contributed by atoms with Crippen molar-refractivity contribution in [3.63, 3.8) is 0 Å². The summed E-state index contributed by atoms with van der Waals surface area (Å²) >= 11 is 0. The number of nitrogens with zero attached hydrogens (tertiary/aromatic N) is 1. The molecule has 0 amide bonds. The molecule has 0 atom stereocenters. The third kappa shape index (κ3) is 14.0. The molecule has 0 fully saturated rings. The van der Waals surface area contributed by atoms with Crippen molar-refractivity contribution in [3.8, 4) is 0 Å². The van der Waals surface area contributed by atoms with Gasteiger partial charge >= 0.3 is 0 Å². The maximum absolute atomic E-state index is 5.29. The molecule has 0 aromatic rings. The third-order valence-electron chi connectivity index (χ3n) is 2.51. The number of guanidine groups is 1. The van der Waals surface area contributed by atoms with Gasteiger partial charge in [0, 0.05) is 33.4 Å². The number of halogens is 1. The van der Waals surface area contributed by atoms with Gasteiger partial charge in [-0.1, -0.05) is 19.8 Å². The Kier molecular flexibility index (Phi) is 19.1. The van der Waals surface area contributed by atoms with E-state index in [0.29, 0.717) is 0 Å². The number of unbranched alkanes of at least 4 members (excludes halogenated alkanes) is 3. The number of aliphatic imine (C=N–C) groups is 1. The fourth-order valence-electron chi connectivity index (χ4n) is 1.48. The molecule has 0 aliphatic rings. The van der Waals surface area contributed by atoms with Crippen LogP contribution in [0.5, 0.6) is 0 Å². The fraction of sp³-hybridized carbons (Fsp3) is 0.923. The summed E-state index contributed by atoms with van der Waals surface area (Å²) in [5.41, 5.74) is 0. The lowest BCUT2D eigenvalue weighted by molar-refractivity contribution is 0.143. The Hall–Kier alpha value is -0.0400. The highest BCUT2D eigenvalue weighted by Crippen LogP contribution is 1.91. The van der Waals surface area contributed by atoms with Gasteiger partial charge in [0.2, 0.25) is 0 Å². The van der Waals surface area contributed by atoms with Crippen molar-refractivity contribution in [1.82, 2.24) is 10.6 Å². The summed E-state index contributed by atoms with van der Waals surface area (Å²) in [6.07, 6.45) is 5.97. The number of rotatable bonds is 10. The van der Waals surface area contributed by atoms with Crippen molar-refractivity contribution in [2.45, 2.75) is 46.0 Å². The lowest BCUT2D eigenvalue weighted by atomic mass is 10.2. The molecule has 5 heteroatoms. The zero-order chi connectivity index (χ0) is 12.8. The van der Waals surface area contributed by atoms with Crippen LogP contribution in [0, 0.1) is 0 Å². The second-order valence-corrected chi connectivity index (χ2v) is 4.04. The van der Waals surface area contributed by atoms with E-state index >= 15 is 0 Å². The van der Waals surface area contributed by atoms with Crippen molar-refractivity contribution in [3.05, 3.63) is 0 Å². The smallest absolute Gasteiger partial charge is 0.190 e. The predicted molar refractivity (Wildman–Crippen MR) is 90.0 cm³/mol. The minimum absolute atomic E-state index is 0. The molecule has 0 saturated heterocycles. The van der Waals surface area contributed by atoms with Crippen molar-refractivity contribution >= 4 is 29.9 Å². The summed E-state index contributed by atoms with van der Waals surface area (Å²) in [7, 11) is 1.81. The molecule has 0 rings (SSSR count). The summed E-state index contributed by atoms with van der Waals surface area (Å²) in [6.45, 7) is 7.88. The van der Waals surface area contributed by atoms with E-state index in [1.807, 2.05) is 14.0 Å². The molecule has 4 nitrogen and oxygen atoms in total. The van der Waals surface area contributed by atoms with Crippen molar-refractivity contribution in [1.29, 1.82) is 0 Å². The molecule has 0 bridgehead atoms. The lowest BCUT2D eigenvalue weighted by Gasteiger charge is -2.11. The zero-order valence-corrected chi connectivity index (χ0v) is 14.5. The first-order valence-electron chi connectivity index (χ1n) is 6.87. The molecule has 0 aromatic carbocycles. The molecule has 0 spiro atoms. The lowest BCUT2D eigenvalue weighted by Crippen LogP contribution is -2.38. The molecule has 0 aliphatic carbocycles. The van der Waals surface area contributed by atoms with Crippen LogP contribution in [0.15, 0.2) is 4.99 Å². The van der Waals surface area contributed by atoms with Crippen LogP contribution >= 0.6 is 24.0 Å². The van der Waals surface area contributed by atoms with Gasteiger partial charge in [-0.15, -0.1) is 24.0 Å². The highest BCUT2D eigenvalue weighted by Gasteiger charge is 1.95. The highest BCUT2D eigenvalue weighted by atomic mass is 127. The topological polar surface area (TPSA) is 45.7 Å². The number of nitrogens with one attached hydrogen (secondary N) is 2. The second-order valence-electron chi connectivity index (χ2n) is 4.04. The Morgan fingerprint density at radius 2 is 1.61 bits per heavy atom. The minimum atomic E-state index is 0. The van der Waals surface area contributed by atoms with Crippen LogP contribution in [0.2, 0.25) is 0 Å². The van der Waals surface area contributed by atoms with E-state index in [2.05, 4.69) is 22.5 Å². The van der Waals surface area contributed by atoms with Gasteiger partial charge in [-0.2, -0.15) is 0 Å². The third-order valence-corrected chi connectivity index (χ3v) is 2.51. The van der Waals surface area contributed by atoms with E-state index in [0.717, 1.165) is 45.1 Å². The van der Waals surface area contributed by atoms with Crippen LogP contribution in [0.3, 0.4) is 0 Å². The largest absolute Gasteiger partial charge is 0.382 e. The van der Waals surface area contributed by atoms with Crippen LogP contribution in [0.4, 0.5) is 0 Å². The highest BCUT2D eigenvalue weighted by molar-refractivity contribution is 14.0. The first-order chi connectivity index (χ1) is 8.35. The van der Waals surface area contributed by atoms with Gasteiger partial charge in [-0.05, 0) is 26.2 Å². The summed E-state index contributed by atoms with van der Waals surface area (Å²) in [4.78, 5) is 4.18. The minimum Gasteiger partial charge on any atom is -0.382 e. The quantitative estimate of drug-likeness (QED) is 0.269. The van der Waals surface area contributed by atoms with Gasteiger partial charge in [0.25, 0.3) is 0 Å². The maximum atomic E-state index is 5.29. The summed E-state index contributed by atoms with van der Waals surface area (Å²) in [5.74, 6) is 0.914. The number of hydrogen-bond acceptors (Lipinski definition) is 2. The van der Waals surface area contributed by atoms with Crippen LogP contribution in [-0.4, -0.2) is 39.3 Å². The molecular weight excluding hydrogens is 341 g/mol. The van der Waals surface area contributed by atoms with Crippen LogP contribution in [-0.2, 0) is 4.74 Å². The molecule has 18 heavy (non-hydrogen) atoms. The van der Waals surface area contributed by atoms with Gasteiger partial charge in [0.05, 0.1) is 0 Å². The molecule has 0 heterocycles. The Labute approximate surface area is 129 Å². The standard InChI is InChI=1S/C13H29N3O.HI/c1-4-6-7-10-15-13(14-3)16-11-8-9-12-17-5-2;/h4-12H2,1-3H3,(H2,14,15,16);1H. The van der Waals surface area contributed by atoms with E-state index in [1.54, 1.807) is 0 Å². The molecule has 2 N–H and O–H groups in total. The van der Waals surface area contributed by atoms with Crippen molar-refractivity contribution in [2.75, 3.05) is 33.4 Å². The molecule has 0 unspecified atom stereocenters. The molecule has 110 valence electrons. The van der Waals surface area contributed by atoms with Crippen LogP contribution < -0.4 is 10.6 Å². The van der Waals surface area contributed by atoms with E-state index in [1.165, 1.54) is 19.3 Å². The van der Waals surface area contributed by atoms with Crippen LogP contribution in [0.1, 0.15) is 46.0 Å². The Balaban J connectivity index is 0. The summed E-state index contributed by atoms with van der Waals surface area (Å²) in [6, 6.07) is 0. The first kappa shape index (κ1) is 20.3. The average Bonchev–Trinajstić information content (AvgIpc) is 2.36. The normalized spacial score (nSPS) is 10.9. The van der Waals surface area contributed by atoms with E-state index < -0.39 is 0 Å². The average molecular weight is 371 g/mol. The fourth-order valence-corrected chi connectivity index (χ4v) is 1.48. The first-order valence-corrected chi connectivity index (χ1v) is 6.87. The molecular formula is C13H30IN3O. The van der Waals surface area contributed by atoms with Gasteiger partial charge in [0.1, 0.15) is 0 Å². The molecule has 0 aliphatic heterocycles. The Bertz CT molecular complexity index is 189. The molecule has 0 saturated carbocycles. The van der Waals surface area contributed by atoms with Crippen molar-refractivity contribution in [2.24, 2.45) is 4.99 Å². The van der Waals surface area contributed by atoms with Crippen LogP contribution in [0.25, 0.3) is 0 Å². The SMILES string of the molecule is CCCCCNC(=NC)NCCCCOCC.I. The predicted octanol–water partition coefficient (Wildman–Crippen LogP) is 2.78. The van der Waals surface area contributed by atoms with Gasteiger partial charge in [-0.25, -0.2) is 0 Å². The van der Waals surface area contributed by atoms with Gasteiger partial charge < -0.3 is 15.4 Å². The molecule has 0 aromatic heterocycles. The van der Waals surface area contributed by atoms with E-state index in [9.17, 15) is 0 Å². The maximum Gasteiger partial charge on any atom is 0.190 e.